The predicted octanol–water partition coefficient (Wildman–Crippen LogP) is 2.02. The Balaban J connectivity index is 2.69. The first-order chi connectivity index (χ1) is 7.15. The van der Waals surface area contributed by atoms with E-state index >= 15 is 0 Å². The van der Waals surface area contributed by atoms with Crippen molar-refractivity contribution in [2.24, 2.45) is 0 Å². The monoisotopic (exact) mass is 207 g/mol. The summed E-state index contributed by atoms with van der Waals surface area (Å²) < 4.78 is 0. The topological polar surface area (TPSA) is 37.8 Å². The molecule has 0 radical (unpaired) electrons. The molecule has 0 saturated carbocycles. The number of rotatable bonds is 5. The molecular weight excluding hydrogens is 186 g/mol. The molecule has 1 N–H and O–H groups in total. The summed E-state index contributed by atoms with van der Waals surface area (Å²) in [6.45, 7) is 9.36. The minimum Gasteiger partial charge on any atom is -0.314 e. The summed E-state index contributed by atoms with van der Waals surface area (Å²) >= 11 is 0. The maximum atomic E-state index is 4.45. The zero-order chi connectivity index (χ0) is 11.3. The quantitative estimate of drug-likeness (QED) is 0.802. The molecule has 3 heteroatoms. The van der Waals surface area contributed by atoms with Gasteiger partial charge in [0.15, 0.2) is 0 Å². The molecule has 1 rings (SSSR count). The molecule has 0 spiro atoms. The molecule has 0 aliphatic heterocycles. The molecule has 15 heavy (non-hydrogen) atoms. The van der Waals surface area contributed by atoms with Gasteiger partial charge in [0.25, 0.3) is 0 Å². The second-order valence-electron chi connectivity index (χ2n) is 3.93. The summed E-state index contributed by atoms with van der Waals surface area (Å²) in [5.41, 5.74) is 2.12. The highest BCUT2D eigenvalue weighted by molar-refractivity contribution is 5.09. The van der Waals surface area contributed by atoms with Gasteiger partial charge in [-0.1, -0.05) is 13.8 Å². The van der Waals surface area contributed by atoms with Gasteiger partial charge in [-0.05, 0) is 32.9 Å². The minimum absolute atomic E-state index is 0.496. The number of aromatic nitrogens is 2. The van der Waals surface area contributed by atoms with Crippen LogP contribution in [0.25, 0.3) is 0 Å². The molecule has 1 unspecified atom stereocenters. The number of nitrogens with one attached hydrogen (secondary N) is 1. The van der Waals surface area contributed by atoms with Gasteiger partial charge in [0.1, 0.15) is 5.82 Å². The molecule has 84 valence electrons. The minimum atomic E-state index is 0.496. The van der Waals surface area contributed by atoms with Gasteiger partial charge in [0, 0.05) is 23.9 Å². The molecule has 1 atom stereocenters. The molecule has 1 heterocycles. The highest BCUT2D eigenvalue weighted by Crippen LogP contribution is 2.04. The molecule has 0 aliphatic rings. The fourth-order valence-corrected chi connectivity index (χ4v) is 1.76. The summed E-state index contributed by atoms with van der Waals surface area (Å²) in [5.74, 6) is 0.959. The van der Waals surface area contributed by atoms with Gasteiger partial charge in [0.05, 0.1) is 0 Å². The van der Waals surface area contributed by atoms with Gasteiger partial charge in [-0.2, -0.15) is 0 Å². The third-order valence-electron chi connectivity index (χ3n) is 2.44. The fraction of sp³-hybridized carbons (Fsp3) is 0.667. The van der Waals surface area contributed by atoms with Crippen LogP contribution in [0.5, 0.6) is 0 Å². The van der Waals surface area contributed by atoms with Crippen molar-refractivity contribution in [2.45, 2.75) is 46.6 Å². The van der Waals surface area contributed by atoms with E-state index in [1.54, 1.807) is 0 Å². The molecule has 0 aliphatic carbocycles. The van der Waals surface area contributed by atoms with Crippen molar-refractivity contribution in [1.29, 1.82) is 0 Å². The summed E-state index contributed by atoms with van der Waals surface area (Å²) in [5, 5.41) is 3.44. The van der Waals surface area contributed by atoms with Gasteiger partial charge in [-0.25, -0.2) is 9.97 Å². The van der Waals surface area contributed by atoms with E-state index < -0.39 is 0 Å². The largest absolute Gasteiger partial charge is 0.314 e. The van der Waals surface area contributed by atoms with Crippen molar-refractivity contribution < 1.29 is 0 Å². The van der Waals surface area contributed by atoms with Crippen molar-refractivity contribution in [3.63, 3.8) is 0 Å². The Labute approximate surface area is 92.3 Å². The van der Waals surface area contributed by atoms with Crippen molar-refractivity contribution in [2.75, 3.05) is 6.54 Å². The van der Waals surface area contributed by atoms with Crippen LogP contribution in [0.4, 0.5) is 0 Å². The van der Waals surface area contributed by atoms with Crippen LogP contribution in [-0.2, 0) is 6.42 Å². The Morgan fingerprint density at radius 2 is 1.80 bits per heavy atom. The Kier molecular flexibility index (Phi) is 4.69. The van der Waals surface area contributed by atoms with Crippen molar-refractivity contribution in [3.05, 3.63) is 23.3 Å². The van der Waals surface area contributed by atoms with E-state index in [0.29, 0.717) is 6.04 Å². The number of hydrogen-bond acceptors (Lipinski definition) is 3. The van der Waals surface area contributed by atoms with Crippen LogP contribution in [0, 0.1) is 13.8 Å². The highest BCUT2D eigenvalue weighted by Gasteiger charge is 2.08. The third-order valence-corrected chi connectivity index (χ3v) is 2.44. The lowest BCUT2D eigenvalue weighted by molar-refractivity contribution is 0.499. The van der Waals surface area contributed by atoms with Crippen LogP contribution in [0.15, 0.2) is 6.07 Å². The van der Waals surface area contributed by atoms with Crippen molar-refractivity contribution >= 4 is 0 Å². The van der Waals surface area contributed by atoms with E-state index in [-0.39, 0.29) is 0 Å². The second kappa shape index (κ2) is 5.81. The van der Waals surface area contributed by atoms with E-state index in [2.05, 4.69) is 29.1 Å². The summed E-state index contributed by atoms with van der Waals surface area (Å²) in [6.07, 6.45) is 2.04. The lowest BCUT2D eigenvalue weighted by Gasteiger charge is -2.14. The SMILES string of the molecule is CCNC(CC)Cc1nc(C)cc(C)n1. The number of hydrogen-bond donors (Lipinski definition) is 1. The normalized spacial score (nSPS) is 12.8. The lowest BCUT2D eigenvalue weighted by Crippen LogP contribution is -2.31. The summed E-state index contributed by atoms with van der Waals surface area (Å²) in [7, 11) is 0. The molecule has 3 nitrogen and oxygen atoms in total. The van der Waals surface area contributed by atoms with Crippen LogP contribution in [0.3, 0.4) is 0 Å². The van der Waals surface area contributed by atoms with Gasteiger partial charge in [-0.3, -0.25) is 0 Å². The Bertz CT molecular complexity index is 289. The van der Waals surface area contributed by atoms with Gasteiger partial charge in [-0.15, -0.1) is 0 Å². The summed E-state index contributed by atoms with van der Waals surface area (Å²) in [6, 6.07) is 2.51. The molecule has 0 bridgehead atoms. The van der Waals surface area contributed by atoms with Crippen LogP contribution >= 0.6 is 0 Å². The zero-order valence-electron chi connectivity index (χ0n) is 10.2. The van der Waals surface area contributed by atoms with Crippen molar-refractivity contribution in [1.82, 2.24) is 15.3 Å². The molecule has 0 aromatic carbocycles. The van der Waals surface area contributed by atoms with Crippen molar-refractivity contribution in [3.8, 4) is 0 Å². The molecular formula is C12H21N3. The number of likely N-dealkylation sites (N-methyl/N-ethyl adjacent to an activating group) is 1. The number of nitrogens with zero attached hydrogens (tertiary/aromatic N) is 2. The van der Waals surface area contributed by atoms with Gasteiger partial charge < -0.3 is 5.32 Å². The maximum absolute atomic E-state index is 4.45. The summed E-state index contributed by atoms with van der Waals surface area (Å²) in [4.78, 5) is 8.91. The molecule has 0 saturated heterocycles. The van der Waals surface area contributed by atoms with E-state index in [0.717, 1.165) is 36.6 Å². The Hall–Kier alpha value is -0.960. The smallest absolute Gasteiger partial charge is 0.130 e. The third kappa shape index (κ3) is 3.96. The van der Waals surface area contributed by atoms with Crippen LogP contribution in [-0.4, -0.2) is 22.6 Å². The first kappa shape index (κ1) is 12.1. The maximum Gasteiger partial charge on any atom is 0.130 e. The Morgan fingerprint density at radius 3 is 2.27 bits per heavy atom. The van der Waals surface area contributed by atoms with E-state index in [1.165, 1.54) is 0 Å². The van der Waals surface area contributed by atoms with E-state index in [1.807, 2.05) is 19.9 Å². The molecule has 0 fully saturated rings. The average molecular weight is 207 g/mol. The molecule has 1 aromatic rings. The standard InChI is InChI=1S/C12H21N3/c1-5-11(13-6-2)8-12-14-9(3)7-10(4)15-12/h7,11,13H,5-6,8H2,1-4H3. The van der Waals surface area contributed by atoms with E-state index in [4.69, 9.17) is 0 Å². The van der Waals surface area contributed by atoms with E-state index in [9.17, 15) is 0 Å². The highest BCUT2D eigenvalue weighted by atomic mass is 14.9. The van der Waals surface area contributed by atoms with Crippen LogP contribution in [0.2, 0.25) is 0 Å². The van der Waals surface area contributed by atoms with Gasteiger partial charge in [0.2, 0.25) is 0 Å². The first-order valence-corrected chi connectivity index (χ1v) is 5.70. The Morgan fingerprint density at radius 1 is 1.20 bits per heavy atom. The van der Waals surface area contributed by atoms with Crippen LogP contribution in [0.1, 0.15) is 37.5 Å². The zero-order valence-corrected chi connectivity index (χ0v) is 10.2. The second-order valence-corrected chi connectivity index (χ2v) is 3.93. The average Bonchev–Trinajstić information content (AvgIpc) is 2.15. The molecule has 0 amide bonds. The lowest BCUT2D eigenvalue weighted by atomic mass is 10.1. The number of aryl methyl sites for hydroxylation is 2. The predicted molar refractivity (Wildman–Crippen MR) is 63.0 cm³/mol. The first-order valence-electron chi connectivity index (χ1n) is 5.70. The van der Waals surface area contributed by atoms with Crippen LogP contribution < -0.4 is 5.32 Å². The fourth-order valence-electron chi connectivity index (χ4n) is 1.76. The van der Waals surface area contributed by atoms with Gasteiger partial charge >= 0.3 is 0 Å². The molecule has 1 aromatic heterocycles.